The van der Waals surface area contributed by atoms with Crippen LogP contribution in [0.4, 0.5) is 4.79 Å². The Morgan fingerprint density at radius 2 is 1.81 bits per heavy atom. The number of nitrogens with zero attached hydrogens (tertiary/aromatic N) is 1. The van der Waals surface area contributed by atoms with Gasteiger partial charge >= 0.3 is 6.09 Å². The number of hydrogen-bond acceptors (Lipinski definition) is 5. The number of para-hydroxylation sites is 1. The molecule has 166 valence electrons. The van der Waals surface area contributed by atoms with Gasteiger partial charge in [-0.05, 0) is 24.5 Å². The van der Waals surface area contributed by atoms with Crippen LogP contribution in [0.3, 0.4) is 0 Å². The molecular formula is C24H30N2O5. The van der Waals surface area contributed by atoms with Gasteiger partial charge in [0.05, 0.1) is 0 Å². The zero-order valence-electron chi connectivity index (χ0n) is 18.3. The van der Waals surface area contributed by atoms with E-state index in [2.05, 4.69) is 5.32 Å². The van der Waals surface area contributed by atoms with Crippen molar-refractivity contribution < 1.29 is 23.8 Å². The first-order valence-corrected chi connectivity index (χ1v) is 10.6. The molecular weight excluding hydrogens is 396 g/mol. The van der Waals surface area contributed by atoms with E-state index in [0.717, 1.165) is 11.1 Å². The van der Waals surface area contributed by atoms with Gasteiger partial charge in [0, 0.05) is 18.7 Å². The van der Waals surface area contributed by atoms with E-state index in [4.69, 9.17) is 14.2 Å². The number of ether oxygens (including phenoxy) is 3. The molecule has 7 nitrogen and oxygen atoms in total. The Morgan fingerprint density at radius 1 is 1.06 bits per heavy atom. The second kappa shape index (κ2) is 10.7. The summed E-state index contributed by atoms with van der Waals surface area (Å²) in [7, 11) is 0. The zero-order chi connectivity index (χ0) is 22.2. The van der Waals surface area contributed by atoms with Crippen molar-refractivity contribution in [3.63, 3.8) is 0 Å². The van der Waals surface area contributed by atoms with Crippen molar-refractivity contribution in [3.05, 3.63) is 59.7 Å². The van der Waals surface area contributed by atoms with E-state index < -0.39 is 12.1 Å². The van der Waals surface area contributed by atoms with Gasteiger partial charge in [0.1, 0.15) is 25.9 Å². The Morgan fingerprint density at radius 3 is 2.52 bits per heavy atom. The molecule has 3 rings (SSSR count). The molecule has 0 aliphatic carbocycles. The van der Waals surface area contributed by atoms with Gasteiger partial charge in [-0.15, -0.1) is 0 Å². The lowest BCUT2D eigenvalue weighted by Gasteiger charge is -2.30. The highest BCUT2D eigenvalue weighted by molar-refractivity contribution is 5.86. The van der Waals surface area contributed by atoms with Gasteiger partial charge in [-0.3, -0.25) is 4.79 Å². The number of amides is 2. The van der Waals surface area contributed by atoms with E-state index in [1.165, 1.54) is 0 Å². The van der Waals surface area contributed by atoms with Crippen molar-refractivity contribution in [2.24, 2.45) is 5.92 Å². The van der Waals surface area contributed by atoms with Gasteiger partial charge in [-0.25, -0.2) is 4.79 Å². The van der Waals surface area contributed by atoms with Crippen molar-refractivity contribution in [1.29, 1.82) is 0 Å². The van der Waals surface area contributed by atoms with Gasteiger partial charge in [0.25, 0.3) is 0 Å². The van der Waals surface area contributed by atoms with Crippen LogP contribution < -0.4 is 14.8 Å². The molecule has 2 amide bonds. The maximum Gasteiger partial charge on any atom is 0.408 e. The van der Waals surface area contributed by atoms with E-state index in [1.54, 1.807) is 4.90 Å². The number of benzene rings is 2. The summed E-state index contributed by atoms with van der Waals surface area (Å²) in [5.74, 6) is 1.10. The van der Waals surface area contributed by atoms with E-state index >= 15 is 0 Å². The molecule has 0 spiro atoms. The Labute approximate surface area is 183 Å². The number of hydrogen-bond donors (Lipinski definition) is 1. The summed E-state index contributed by atoms with van der Waals surface area (Å²) < 4.78 is 16.7. The standard InChI is InChI=1S/C24H30N2O5/c1-4-26(15-19-11-8-12-20-22(19)30-14-13-29-20)23(27)21(17(2)3)25-24(28)31-16-18-9-6-5-7-10-18/h5-12,17,21H,4,13-16H2,1-3H3,(H,25,28)/t21-/m0/s1. The number of rotatable bonds is 8. The lowest BCUT2D eigenvalue weighted by molar-refractivity contribution is -0.134. The summed E-state index contributed by atoms with van der Waals surface area (Å²) in [5.41, 5.74) is 1.76. The number of alkyl carbamates (subject to hydrolysis) is 1. The summed E-state index contributed by atoms with van der Waals surface area (Å²) in [6.07, 6.45) is -0.610. The second-order valence-corrected chi connectivity index (χ2v) is 7.72. The topological polar surface area (TPSA) is 77.1 Å². The molecule has 0 bridgehead atoms. The molecule has 0 unspecified atom stereocenters. The molecule has 0 fully saturated rings. The fraction of sp³-hybridized carbons (Fsp3) is 0.417. The summed E-state index contributed by atoms with van der Waals surface area (Å²) in [6.45, 7) is 7.71. The van der Waals surface area contributed by atoms with Gasteiger partial charge in [-0.1, -0.05) is 56.3 Å². The molecule has 2 aromatic rings. The van der Waals surface area contributed by atoms with Gasteiger partial charge < -0.3 is 24.4 Å². The van der Waals surface area contributed by atoms with Crippen LogP contribution in [0.5, 0.6) is 11.5 Å². The van der Waals surface area contributed by atoms with Crippen LogP contribution in [0.2, 0.25) is 0 Å². The predicted octanol–water partition coefficient (Wildman–Crippen LogP) is 3.76. The number of fused-ring (bicyclic) bond motifs is 1. The number of carbonyl (C=O) groups excluding carboxylic acids is 2. The Balaban J connectivity index is 1.65. The first kappa shape index (κ1) is 22.5. The fourth-order valence-electron chi connectivity index (χ4n) is 3.41. The van der Waals surface area contributed by atoms with E-state index in [0.29, 0.717) is 37.8 Å². The third-order valence-corrected chi connectivity index (χ3v) is 5.12. The van der Waals surface area contributed by atoms with Gasteiger partial charge in [0.15, 0.2) is 11.5 Å². The molecule has 1 aliphatic rings. The van der Waals surface area contributed by atoms with Crippen LogP contribution in [-0.4, -0.2) is 42.7 Å². The van der Waals surface area contributed by atoms with Crippen LogP contribution in [-0.2, 0) is 22.7 Å². The lowest BCUT2D eigenvalue weighted by Crippen LogP contribution is -2.51. The molecule has 7 heteroatoms. The maximum absolute atomic E-state index is 13.3. The number of likely N-dealkylation sites (N-methyl/N-ethyl adjacent to an activating group) is 1. The Bertz CT molecular complexity index is 885. The van der Waals surface area contributed by atoms with Crippen LogP contribution in [0.25, 0.3) is 0 Å². The third kappa shape index (κ3) is 5.90. The largest absolute Gasteiger partial charge is 0.486 e. The molecule has 0 saturated heterocycles. The van der Waals surface area contributed by atoms with E-state index in [1.807, 2.05) is 69.3 Å². The zero-order valence-corrected chi connectivity index (χ0v) is 18.3. The smallest absolute Gasteiger partial charge is 0.408 e. The molecule has 1 heterocycles. The quantitative estimate of drug-likeness (QED) is 0.696. The van der Waals surface area contributed by atoms with Crippen molar-refractivity contribution in [3.8, 4) is 11.5 Å². The molecule has 0 aromatic heterocycles. The van der Waals surface area contributed by atoms with Crippen LogP contribution in [0, 0.1) is 5.92 Å². The molecule has 31 heavy (non-hydrogen) atoms. The molecule has 2 aromatic carbocycles. The van der Waals surface area contributed by atoms with E-state index in [9.17, 15) is 9.59 Å². The normalized spacial score (nSPS) is 13.4. The lowest BCUT2D eigenvalue weighted by atomic mass is 10.0. The van der Waals surface area contributed by atoms with Crippen molar-refractivity contribution in [2.45, 2.75) is 40.0 Å². The van der Waals surface area contributed by atoms with Crippen molar-refractivity contribution >= 4 is 12.0 Å². The van der Waals surface area contributed by atoms with Crippen molar-refractivity contribution in [2.75, 3.05) is 19.8 Å². The van der Waals surface area contributed by atoms with Gasteiger partial charge in [-0.2, -0.15) is 0 Å². The first-order valence-electron chi connectivity index (χ1n) is 10.6. The minimum absolute atomic E-state index is 0.102. The average Bonchev–Trinajstić information content (AvgIpc) is 2.79. The summed E-state index contributed by atoms with van der Waals surface area (Å²) >= 11 is 0. The highest BCUT2D eigenvalue weighted by Crippen LogP contribution is 2.34. The van der Waals surface area contributed by atoms with Crippen LogP contribution >= 0.6 is 0 Å². The molecule has 1 N–H and O–H groups in total. The number of nitrogens with one attached hydrogen (secondary N) is 1. The minimum atomic E-state index is -0.695. The summed E-state index contributed by atoms with van der Waals surface area (Å²) in [6, 6.07) is 14.4. The van der Waals surface area contributed by atoms with Crippen molar-refractivity contribution in [1.82, 2.24) is 10.2 Å². The monoisotopic (exact) mass is 426 g/mol. The highest BCUT2D eigenvalue weighted by atomic mass is 16.6. The van der Waals surface area contributed by atoms with E-state index in [-0.39, 0.29) is 18.4 Å². The molecule has 1 atom stereocenters. The first-order chi connectivity index (χ1) is 15.0. The third-order valence-electron chi connectivity index (χ3n) is 5.12. The summed E-state index contributed by atoms with van der Waals surface area (Å²) in [5, 5.41) is 2.74. The summed E-state index contributed by atoms with van der Waals surface area (Å²) in [4.78, 5) is 27.3. The number of carbonyl (C=O) groups is 2. The fourth-order valence-corrected chi connectivity index (χ4v) is 3.41. The molecule has 1 aliphatic heterocycles. The predicted molar refractivity (Wildman–Crippen MR) is 117 cm³/mol. The second-order valence-electron chi connectivity index (χ2n) is 7.72. The average molecular weight is 427 g/mol. The SMILES string of the molecule is CCN(Cc1cccc2c1OCCO2)C(=O)[C@@H](NC(=O)OCc1ccccc1)C(C)C. The Kier molecular flexibility index (Phi) is 7.76. The molecule has 0 radical (unpaired) electrons. The Hall–Kier alpha value is -3.22. The van der Waals surface area contributed by atoms with Crippen LogP contribution in [0.1, 0.15) is 31.9 Å². The minimum Gasteiger partial charge on any atom is -0.486 e. The maximum atomic E-state index is 13.3. The van der Waals surface area contributed by atoms with Crippen LogP contribution in [0.15, 0.2) is 48.5 Å². The highest BCUT2D eigenvalue weighted by Gasteiger charge is 2.29. The molecule has 0 saturated carbocycles. The van der Waals surface area contributed by atoms with Gasteiger partial charge in [0.2, 0.25) is 5.91 Å².